The quantitative estimate of drug-likeness (QED) is 0.813. The number of carbonyl (C=O) groups is 2. The number of ketones is 2. The van der Waals surface area contributed by atoms with Gasteiger partial charge in [0.25, 0.3) is 0 Å². The summed E-state index contributed by atoms with van der Waals surface area (Å²) in [5.74, 6) is -0.324. The summed E-state index contributed by atoms with van der Waals surface area (Å²) in [6, 6.07) is 6.09. The molecule has 0 N–H and O–H groups in total. The van der Waals surface area contributed by atoms with E-state index in [2.05, 4.69) is 10.3 Å². The summed E-state index contributed by atoms with van der Waals surface area (Å²) < 4.78 is 1.50. The van der Waals surface area contributed by atoms with Crippen LogP contribution in [0.25, 0.3) is 0 Å². The van der Waals surface area contributed by atoms with Gasteiger partial charge in [-0.1, -0.05) is 23.2 Å². The summed E-state index contributed by atoms with van der Waals surface area (Å²) in [6.07, 6.45) is 6.26. The molecule has 1 aliphatic carbocycles. The summed E-state index contributed by atoms with van der Waals surface area (Å²) in [6.45, 7) is 0. The van der Waals surface area contributed by atoms with Crippen molar-refractivity contribution in [1.29, 1.82) is 0 Å². The van der Waals surface area contributed by atoms with E-state index in [-0.39, 0.29) is 17.5 Å². The number of benzene rings is 1. The van der Waals surface area contributed by atoms with Crippen molar-refractivity contribution in [2.75, 3.05) is 0 Å². The van der Waals surface area contributed by atoms with Crippen LogP contribution < -0.4 is 0 Å². The fourth-order valence-corrected chi connectivity index (χ4v) is 3.11. The molecule has 1 aromatic carbocycles. The number of hydrogen-bond acceptors (Lipinski definition) is 4. The van der Waals surface area contributed by atoms with Gasteiger partial charge in [-0.25, -0.2) is 4.68 Å². The molecule has 1 saturated carbocycles. The minimum Gasteiger partial charge on any atom is -0.299 e. The van der Waals surface area contributed by atoms with Crippen LogP contribution in [-0.4, -0.2) is 26.6 Å². The molecule has 0 amide bonds. The van der Waals surface area contributed by atoms with Crippen LogP contribution in [0.1, 0.15) is 42.1 Å². The highest BCUT2D eigenvalue weighted by Gasteiger charge is 2.37. The van der Waals surface area contributed by atoms with Gasteiger partial charge in [-0.3, -0.25) is 9.59 Å². The van der Waals surface area contributed by atoms with Crippen LogP contribution in [-0.2, 0) is 4.79 Å². The number of Topliss-reactive ketones (excluding diaryl/α,β-unsaturated/α-hetero) is 2. The molecule has 114 valence electrons. The smallest absolute Gasteiger partial charge is 0.188 e. The lowest BCUT2D eigenvalue weighted by molar-refractivity contribution is -0.125. The molecule has 2 aromatic rings. The molecular weight excluding hydrogens is 302 g/mol. The zero-order valence-electron chi connectivity index (χ0n) is 12.0. The first-order valence-corrected chi connectivity index (χ1v) is 7.73. The van der Waals surface area contributed by atoms with Gasteiger partial charge in [-0.2, -0.15) is 0 Å². The number of aromatic nitrogens is 3. The predicted molar refractivity (Wildman–Crippen MR) is 81.8 cm³/mol. The number of carbonyl (C=O) groups excluding carboxylic acids is 2. The third-order valence-corrected chi connectivity index (χ3v) is 4.36. The van der Waals surface area contributed by atoms with Gasteiger partial charge in [0.15, 0.2) is 5.78 Å². The summed E-state index contributed by atoms with van der Waals surface area (Å²) in [7, 11) is 0. The van der Waals surface area contributed by atoms with Crippen LogP contribution in [0.4, 0.5) is 0 Å². The summed E-state index contributed by atoms with van der Waals surface area (Å²) in [5.41, 5.74) is 0.531. The predicted octanol–water partition coefficient (Wildman–Crippen LogP) is 3.11. The van der Waals surface area contributed by atoms with Crippen molar-refractivity contribution in [2.24, 2.45) is 5.92 Å². The second kappa shape index (κ2) is 6.40. The van der Waals surface area contributed by atoms with E-state index in [1.54, 1.807) is 30.5 Å². The maximum Gasteiger partial charge on any atom is 0.188 e. The van der Waals surface area contributed by atoms with Crippen LogP contribution >= 0.6 is 11.6 Å². The van der Waals surface area contributed by atoms with Crippen LogP contribution in [0.5, 0.6) is 0 Å². The van der Waals surface area contributed by atoms with E-state index in [0.29, 0.717) is 23.4 Å². The molecule has 3 rings (SSSR count). The third kappa shape index (κ3) is 2.95. The highest BCUT2D eigenvalue weighted by Crippen LogP contribution is 2.32. The number of rotatable bonds is 4. The minimum atomic E-state index is -0.628. The molecule has 1 aliphatic rings. The van der Waals surface area contributed by atoms with Gasteiger partial charge >= 0.3 is 0 Å². The van der Waals surface area contributed by atoms with Gasteiger partial charge in [0.05, 0.1) is 6.20 Å². The Balaban J connectivity index is 1.96. The maximum atomic E-state index is 12.9. The van der Waals surface area contributed by atoms with E-state index < -0.39 is 6.04 Å². The Morgan fingerprint density at radius 1 is 1.27 bits per heavy atom. The molecule has 1 heterocycles. The zero-order chi connectivity index (χ0) is 15.5. The molecule has 6 heteroatoms. The first kappa shape index (κ1) is 14.9. The largest absolute Gasteiger partial charge is 0.299 e. The van der Waals surface area contributed by atoms with E-state index >= 15 is 0 Å². The average molecular weight is 318 g/mol. The lowest BCUT2D eigenvalue weighted by atomic mass is 9.80. The van der Waals surface area contributed by atoms with E-state index in [4.69, 9.17) is 11.6 Å². The number of halogens is 1. The Bertz CT molecular complexity index is 667. The van der Waals surface area contributed by atoms with Gasteiger partial charge in [-0.05, 0) is 37.1 Å². The summed E-state index contributed by atoms with van der Waals surface area (Å²) >= 11 is 5.87. The van der Waals surface area contributed by atoms with Crippen molar-refractivity contribution in [1.82, 2.24) is 15.0 Å². The third-order valence-electron chi connectivity index (χ3n) is 4.11. The Labute approximate surface area is 133 Å². The molecule has 1 aromatic heterocycles. The second-order valence-electron chi connectivity index (χ2n) is 5.52. The van der Waals surface area contributed by atoms with Crippen molar-refractivity contribution in [3.63, 3.8) is 0 Å². The van der Waals surface area contributed by atoms with Gasteiger partial charge < -0.3 is 0 Å². The van der Waals surface area contributed by atoms with Crippen molar-refractivity contribution in [3.8, 4) is 0 Å². The normalized spacial score (nSPS) is 19.9. The Kier molecular flexibility index (Phi) is 4.34. The van der Waals surface area contributed by atoms with E-state index in [1.165, 1.54) is 10.9 Å². The number of hydrogen-bond donors (Lipinski definition) is 0. The molecule has 2 unspecified atom stereocenters. The Morgan fingerprint density at radius 3 is 2.68 bits per heavy atom. The monoisotopic (exact) mass is 317 g/mol. The van der Waals surface area contributed by atoms with Gasteiger partial charge in [0.1, 0.15) is 11.8 Å². The molecule has 0 saturated heterocycles. The maximum absolute atomic E-state index is 12.9. The highest BCUT2D eigenvalue weighted by atomic mass is 35.5. The molecule has 0 aliphatic heterocycles. The lowest BCUT2D eigenvalue weighted by Gasteiger charge is -2.28. The first-order valence-electron chi connectivity index (χ1n) is 7.35. The van der Waals surface area contributed by atoms with E-state index in [0.717, 1.165) is 12.8 Å². The molecule has 1 fully saturated rings. The Morgan fingerprint density at radius 2 is 2.05 bits per heavy atom. The van der Waals surface area contributed by atoms with Gasteiger partial charge in [-0.15, -0.1) is 5.10 Å². The lowest BCUT2D eigenvalue weighted by Crippen LogP contribution is -2.35. The van der Waals surface area contributed by atoms with Crippen LogP contribution in [0.15, 0.2) is 36.7 Å². The van der Waals surface area contributed by atoms with Gasteiger partial charge in [0, 0.05) is 29.1 Å². The zero-order valence-corrected chi connectivity index (χ0v) is 12.7. The van der Waals surface area contributed by atoms with E-state index in [1.807, 2.05) is 0 Å². The fourth-order valence-electron chi connectivity index (χ4n) is 2.98. The first-order chi connectivity index (χ1) is 10.7. The fraction of sp³-hybridized carbons (Fsp3) is 0.375. The summed E-state index contributed by atoms with van der Waals surface area (Å²) in [4.78, 5) is 25.2. The SMILES string of the molecule is O=C1CCCCC1C(C(=O)c1ccc(Cl)cc1)n1ccnn1. The highest BCUT2D eigenvalue weighted by molar-refractivity contribution is 6.30. The van der Waals surface area contributed by atoms with Crippen LogP contribution in [0.2, 0.25) is 5.02 Å². The molecule has 22 heavy (non-hydrogen) atoms. The van der Waals surface area contributed by atoms with Crippen molar-refractivity contribution in [3.05, 3.63) is 47.2 Å². The summed E-state index contributed by atoms with van der Waals surface area (Å²) in [5, 5.41) is 8.31. The molecule has 2 atom stereocenters. The topological polar surface area (TPSA) is 64.8 Å². The Hall–Kier alpha value is -2.01. The van der Waals surface area contributed by atoms with Crippen LogP contribution in [0.3, 0.4) is 0 Å². The van der Waals surface area contributed by atoms with Crippen molar-refractivity contribution < 1.29 is 9.59 Å². The average Bonchev–Trinajstić information content (AvgIpc) is 3.04. The molecule has 0 radical (unpaired) electrons. The minimum absolute atomic E-state index is 0.123. The number of nitrogens with zero attached hydrogens (tertiary/aromatic N) is 3. The van der Waals surface area contributed by atoms with Gasteiger partial charge in [0.2, 0.25) is 0 Å². The molecular formula is C16H16ClN3O2. The van der Waals surface area contributed by atoms with Crippen molar-refractivity contribution in [2.45, 2.75) is 31.7 Å². The van der Waals surface area contributed by atoms with E-state index in [9.17, 15) is 9.59 Å². The van der Waals surface area contributed by atoms with Crippen LogP contribution in [0, 0.1) is 5.92 Å². The molecule has 0 spiro atoms. The molecule has 0 bridgehead atoms. The second-order valence-corrected chi connectivity index (χ2v) is 5.95. The standard InChI is InChI=1S/C16H16ClN3O2/c17-12-7-5-11(6-8-12)16(22)15(20-10-9-18-19-20)13-3-1-2-4-14(13)21/h5-10,13,15H,1-4H2. The molecule has 5 nitrogen and oxygen atoms in total. The van der Waals surface area contributed by atoms with Crippen molar-refractivity contribution >= 4 is 23.2 Å².